The van der Waals surface area contributed by atoms with Gasteiger partial charge in [0.25, 0.3) is 5.91 Å². The van der Waals surface area contributed by atoms with E-state index in [0.29, 0.717) is 37.6 Å². The molecule has 0 aliphatic heterocycles. The van der Waals surface area contributed by atoms with Crippen LogP contribution in [0, 0.1) is 6.92 Å². The average molecular weight is 396 g/mol. The van der Waals surface area contributed by atoms with Crippen molar-refractivity contribution in [2.45, 2.75) is 13.5 Å². The molecule has 0 saturated heterocycles. The second-order valence-electron chi connectivity index (χ2n) is 5.33. The molecule has 0 atom stereocenters. The van der Waals surface area contributed by atoms with Crippen molar-refractivity contribution in [2.24, 2.45) is 0 Å². The zero-order valence-electron chi connectivity index (χ0n) is 13.1. The summed E-state index contributed by atoms with van der Waals surface area (Å²) in [6.07, 6.45) is 0. The molecule has 1 amide bonds. The van der Waals surface area contributed by atoms with Crippen LogP contribution in [0.15, 0.2) is 47.0 Å². The van der Waals surface area contributed by atoms with E-state index in [2.05, 4.69) is 10.5 Å². The van der Waals surface area contributed by atoms with Crippen LogP contribution in [0.4, 0.5) is 0 Å². The normalized spacial score (nSPS) is 10.7. The van der Waals surface area contributed by atoms with Crippen molar-refractivity contribution in [1.82, 2.24) is 10.5 Å². The van der Waals surface area contributed by atoms with E-state index in [1.807, 2.05) is 18.2 Å². The molecule has 1 aromatic heterocycles. The Hall–Kier alpha value is -2.01. The van der Waals surface area contributed by atoms with E-state index in [9.17, 15) is 4.79 Å². The highest BCUT2D eigenvalue weighted by Gasteiger charge is 2.24. The van der Waals surface area contributed by atoms with E-state index in [1.54, 1.807) is 31.2 Å². The summed E-state index contributed by atoms with van der Waals surface area (Å²) in [6, 6.07) is 12.4. The molecular weight excluding hydrogens is 383 g/mol. The van der Waals surface area contributed by atoms with Crippen molar-refractivity contribution in [2.75, 3.05) is 0 Å². The van der Waals surface area contributed by atoms with Gasteiger partial charge in [-0.25, -0.2) is 0 Å². The summed E-state index contributed by atoms with van der Waals surface area (Å²) in [5.41, 5.74) is 1.88. The van der Waals surface area contributed by atoms with Gasteiger partial charge >= 0.3 is 0 Å². The SMILES string of the molecule is Cc1onc(-c2c(Cl)cccc2Cl)c1C(=O)NCc1ccccc1Cl. The number of aromatic nitrogens is 1. The fourth-order valence-electron chi connectivity index (χ4n) is 2.44. The Labute approximate surface area is 159 Å². The highest BCUT2D eigenvalue weighted by molar-refractivity contribution is 6.39. The lowest BCUT2D eigenvalue weighted by molar-refractivity contribution is 0.0950. The summed E-state index contributed by atoms with van der Waals surface area (Å²) in [4.78, 5) is 12.7. The first-order valence-electron chi connectivity index (χ1n) is 7.41. The molecule has 0 bridgehead atoms. The van der Waals surface area contributed by atoms with Crippen molar-refractivity contribution < 1.29 is 9.32 Å². The van der Waals surface area contributed by atoms with Gasteiger partial charge in [0.15, 0.2) is 0 Å². The molecule has 0 aliphatic carbocycles. The molecule has 128 valence electrons. The van der Waals surface area contributed by atoms with Crippen LogP contribution in [0.2, 0.25) is 15.1 Å². The molecule has 1 N–H and O–H groups in total. The number of nitrogens with one attached hydrogen (secondary N) is 1. The smallest absolute Gasteiger partial charge is 0.257 e. The largest absolute Gasteiger partial charge is 0.360 e. The monoisotopic (exact) mass is 394 g/mol. The Kier molecular flexibility index (Phi) is 5.33. The first kappa shape index (κ1) is 17.8. The maximum absolute atomic E-state index is 12.7. The lowest BCUT2D eigenvalue weighted by Crippen LogP contribution is -2.23. The molecule has 4 nitrogen and oxygen atoms in total. The fraction of sp³-hybridized carbons (Fsp3) is 0.111. The quantitative estimate of drug-likeness (QED) is 0.631. The zero-order chi connectivity index (χ0) is 18.0. The number of hydrogen-bond acceptors (Lipinski definition) is 3. The van der Waals surface area contributed by atoms with Crippen LogP contribution in [-0.4, -0.2) is 11.1 Å². The minimum atomic E-state index is -0.343. The van der Waals surface area contributed by atoms with Gasteiger partial charge in [-0.15, -0.1) is 0 Å². The minimum Gasteiger partial charge on any atom is -0.360 e. The lowest BCUT2D eigenvalue weighted by Gasteiger charge is -2.09. The first-order chi connectivity index (χ1) is 12.0. The van der Waals surface area contributed by atoms with E-state index in [-0.39, 0.29) is 12.5 Å². The van der Waals surface area contributed by atoms with Crippen molar-refractivity contribution >= 4 is 40.7 Å². The summed E-state index contributed by atoms with van der Waals surface area (Å²) in [6.45, 7) is 1.93. The van der Waals surface area contributed by atoms with Crippen LogP contribution >= 0.6 is 34.8 Å². The number of rotatable bonds is 4. The van der Waals surface area contributed by atoms with E-state index >= 15 is 0 Å². The van der Waals surface area contributed by atoms with Gasteiger partial charge in [-0.05, 0) is 30.7 Å². The Balaban J connectivity index is 1.92. The van der Waals surface area contributed by atoms with Gasteiger partial charge in [-0.3, -0.25) is 4.79 Å². The van der Waals surface area contributed by atoms with Gasteiger partial charge in [-0.1, -0.05) is 64.2 Å². The number of amides is 1. The summed E-state index contributed by atoms with van der Waals surface area (Å²) in [5, 5.41) is 8.16. The van der Waals surface area contributed by atoms with Crippen LogP contribution in [0.25, 0.3) is 11.3 Å². The van der Waals surface area contributed by atoms with Crippen molar-refractivity contribution in [3.63, 3.8) is 0 Å². The third-order valence-electron chi connectivity index (χ3n) is 3.69. The van der Waals surface area contributed by atoms with Gasteiger partial charge in [0.05, 0.1) is 10.0 Å². The first-order valence-corrected chi connectivity index (χ1v) is 8.54. The summed E-state index contributed by atoms with van der Waals surface area (Å²) >= 11 is 18.6. The number of carbonyl (C=O) groups excluding carboxylic acids is 1. The predicted molar refractivity (Wildman–Crippen MR) is 99.3 cm³/mol. The second kappa shape index (κ2) is 7.48. The predicted octanol–water partition coefficient (Wildman–Crippen LogP) is 5.54. The number of halogens is 3. The average Bonchev–Trinajstić information content (AvgIpc) is 2.95. The maximum Gasteiger partial charge on any atom is 0.257 e. The third kappa shape index (κ3) is 3.66. The summed E-state index contributed by atoms with van der Waals surface area (Å²) < 4.78 is 5.20. The number of benzene rings is 2. The van der Waals surface area contributed by atoms with E-state index in [0.717, 1.165) is 5.56 Å². The minimum absolute atomic E-state index is 0.277. The molecule has 3 rings (SSSR count). The number of nitrogens with zero attached hydrogens (tertiary/aromatic N) is 1. The summed E-state index contributed by atoms with van der Waals surface area (Å²) in [7, 11) is 0. The second-order valence-corrected chi connectivity index (χ2v) is 6.55. The molecule has 1 heterocycles. The lowest BCUT2D eigenvalue weighted by atomic mass is 10.1. The topological polar surface area (TPSA) is 55.1 Å². The Morgan fingerprint density at radius 3 is 2.36 bits per heavy atom. The van der Waals surface area contributed by atoms with E-state index in [4.69, 9.17) is 39.3 Å². The van der Waals surface area contributed by atoms with Gasteiger partial charge in [-0.2, -0.15) is 0 Å². The van der Waals surface area contributed by atoms with Crippen molar-refractivity contribution in [3.05, 3.63) is 74.4 Å². The maximum atomic E-state index is 12.7. The van der Waals surface area contributed by atoms with Crippen LogP contribution in [-0.2, 0) is 6.54 Å². The number of aryl methyl sites for hydroxylation is 1. The van der Waals surface area contributed by atoms with Crippen LogP contribution in [0.1, 0.15) is 21.7 Å². The van der Waals surface area contributed by atoms with Gasteiger partial charge in [0.1, 0.15) is 17.0 Å². The standard InChI is InChI=1S/C18H13Cl3N2O2/c1-10-15(18(24)22-9-11-5-2-3-6-12(11)19)17(23-25-10)16-13(20)7-4-8-14(16)21/h2-8H,9H2,1H3,(H,22,24). The van der Waals surface area contributed by atoms with Crippen molar-refractivity contribution in [1.29, 1.82) is 0 Å². The van der Waals surface area contributed by atoms with Gasteiger partial charge in [0.2, 0.25) is 0 Å². The Morgan fingerprint density at radius 2 is 1.68 bits per heavy atom. The third-order valence-corrected chi connectivity index (χ3v) is 4.69. The molecule has 7 heteroatoms. The molecule has 0 radical (unpaired) electrons. The number of carbonyl (C=O) groups is 1. The fourth-order valence-corrected chi connectivity index (χ4v) is 3.22. The van der Waals surface area contributed by atoms with Crippen LogP contribution in [0.5, 0.6) is 0 Å². The Bertz CT molecular complexity index is 918. The molecule has 0 spiro atoms. The molecular formula is C18H13Cl3N2O2. The molecule has 0 aliphatic rings. The van der Waals surface area contributed by atoms with E-state index < -0.39 is 0 Å². The highest BCUT2D eigenvalue weighted by atomic mass is 35.5. The molecule has 3 aromatic rings. The molecule has 0 saturated carbocycles. The van der Waals surface area contributed by atoms with Gasteiger partial charge < -0.3 is 9.84 Å². The molecule has 0 fully saturated rings. The van der Waals surface area contributed by atoms with Crippen molar-refractivity contribution in [3.8, 4) is 11.3 Å². The summed E-state index contributed by atoms with van der Waals surface area (Å²) in [5.74, 6) is 0.0345. The molecule has 2 aromatic carbocycles. The number of hydrogen-bond donors (Lipinski definition) is 1. The van der Waals surface area contributed by atoms with Crippen LogP contribution < -0.4 is 5.32 Å². The van der Waals surface area contributed by atoms with Crippen LogP contribution in [0.3, 0.4) is 0 Å². The van der Waals surface area contributed by atoms with E-state index in [1.165, 1.54) is 0 Å². The zero-order valence-corrected chi connectivity index (χ0v) is 15.4. The highest BCUT2D eigenvalue weighted by Crippen LogP contribution is 2.36. The van der Waals surface area contributed by atoms with Gasteiger partial charge in [0, 0.05) is 17.1 Å². The Morgan fingerprint density at radius 1 is 1.04 bits per heavy atom. The molecule has 25 heavy (non-hydrogen) atoms. The molecule has 0 unspecified atom stereocenters.